The SMILES string of the molecule is CC(C)CC(=O)N1CCC[C@@H](NS(C)(=O)=O)C1. The molecular weight excluding hydrogens is 240 g/mol. The summed E-state index contributed by atoms with van der Waals surface area (Å²) < 4.78 is 24.9. The number of carbonyl (C=O) groups is 1. The van der Waals surface area contributed by atoms with Gasteiger partial charge in [0.2, 0.25) is 15.9 Å². The minimum atomic E-state index is -3.18. The summed E-state index contributed by atoms with van der Waals surface area (Å²) in [6.07, 6.45) is 3.35. The first-order chi connectivity index (χ1) is 7.78. The molecule has 1 N–H and O–H groups in total. The minimum absolute atomic E-state index is 0.125. The van der Waals surface area contributed by atoms with Crippen LogP contribution in [-0.4, -0.2) is 44.6 Å². The molecule has 0 bridgehead atoms. The molecule has 0 radical (unpaired) electrons. The molecule has 1 fully saturated rings. The number of carbonyl (C=O) groups excluding carboxylic acids is 1. The lowest BCUT2D eigenvalue weighted by atomic mass is 10.0. The van der Waals surface area contributed by atoms with E-state index in [1.807, 2.05) is 13.8 Å². The van der Waals surface area contributed by atoms with Gasteiger partial charge in [0.15, 0.2) is 0 Å². The van der Waals surface area contributed by atoms with Crippen LogP contribution in [0.2, 0.25) is 0 Å². The Morgan fingerprint density at radius 1 is 1.47 bits per heavy atom. The van der Waals surface area contributed by atoms with Crippen LogP contribution in [0.25, 0.3) is 0 Å². The highest BCUT2D eigenvalue weighted by atomic mass is 32.2. The first-order valence-corrected chi connectivity index (χ1v) is 7.92. The predicted octanol–water partition coefficient (Wildman–Crippen LogP) is 0.573. The van der Waals surface area contributed by atoms with E-state index in [1.54, 1.807) is 4.90 Å². The van der Waals surface area contributed by atoms with E-state index in [2.05, 4.69) is 4.72 Å². The van der Waals surface area contributed by atoms with Crippen LogP contribution in [0.1, 0.15) is 33.1 Å². The van der Waals surface area contributed by atoms with E-state index in [0.29, 0.717) is 18.9 Å². The first kappa shape index (κ1) is 14.4. The fourth-order valence-corrected chi connectivity index (χ4v) is 2.88. The number of nitrogens with one attached hydrogen (secondary N) is 1. The highest BCUT2D eigenvalue weighted by Crippen LogP contribution is 2.13. The number of likely N-dealkylation sites (tertiary alicyclic amines) is 1. The van der Waals surface area contributed by atoms with Crippen molar-refractivity contribution in [2.75, 3.05) is 19.3 Å². The molecule has 1 heterocycles. The second-order valence-corrected chi connectivity index (χ2v) is 6.95. The molecule has 1 aliphatic rings. The Labute approximate surface area is 104 Å². The van der Waals surface area contributed by atoms with Crippen LogP contribution in [0.3, 0.4) is 0 Å². The molecule has 0 aromatic rings. The van der Waals surface area contributed by atoms with Crippen LogP contribution in [-0.2, 0) is 14.8 Å². The molecule has 0 unspecified atom stereocenters. The summed E-state index contributed by atoms with van der Waals surface area (Å²) in [5.74, 6) is 0.464. The molecule has 1 rings (SSSR count). The van der Waals surface area contributed by atoms with Gasteiger partial charge in [-0.2, -0.15) is 0 Å². The van der Waals surface area contributed by atoms with E-state index >= 15 is 0 Å². The van der Waals surface area contributed by atoms with Crippen molar-refractivity contribution < 1.29 is 13.2 Å². The predicted molar refractivity (Wildman–Crippen MR) is 67.0 cm³/mol. The van der Waals surface area contributed by atoms with Gasteiger partial charge in [0.1, 0.15) is 0 Å². The monoisotopic (exact) mass is 262 g/mol. The molecule has 0 aromatic carbocycles. The second kappa shape index (κ2) is 5.82. The highest BCUT2D eigenvalue weighted by Gasteiger charge is 2.25. The van der Waals surface area contributed by atoms with E-state index in [-0.39, 0.29) is 11.9 Å². The third-order valence-corrected chi connectivity index (χ3v) is 3.50. The third kappa shape index (κ3) is 5.50. The maximum atomic E-state index is 11.9. The van der Waals surface area contributed by atoms with Gasteiger partial charge in [-0.05, 0) is 18.8 Å². The zero-order valence-electron chi connectivity index (χ0n) is 10.8. The van der Waals surface area contributed by atoms with E-state index < -0.39 is 10.0 Å². The lowest BCUT2D eigenvalue weighted by molar-refractivity contribution is -0.133. The molecule has 1 atom stereocenters. The number of rotatable bonds is 4. The summed E-state index contributed by atoms with van der Waals surface area (Å²) in [6, 6.07) is -0.130. The molecule has 0 spiro atoms. The fraction of sp³-hybridized carbons (Fsp3) is 0.909. The summed E-state index contributed by atoms with van der Waals surface area (Å²) in [7, 11) is -3.18. The number of sulfonamides is 1. The van der Waals surface area contributed by atoms with Crippen LogP contribution in [0.4, 0.5) is 0 Å². The molecule has 1 amide bonds. The van der Waals surface area contributed by atoms with Gasteiger partial charge in [-0.15, -0.1) is 0 Å². The van der Waals surface area contributed by atoms with Crippen molar-refractivity contribution in [2.45, 2.75) is 39.2 Å². The molecule has 1 saturated heterocycles. The molecule has 100 valence electrons. The Balaban J connectivity index is 2.52. The van der Waals surface area contributed by atoms with Gasteiger partial charge in [0.05, 0.1) is 6.26 Å². The molecule has 0 aliphatic carbocycles. The summed E-state index contributed by atoms with van der Waals surface area (Å²) in [5, 5.41) is 0. The van der Waals surface area contributed by atoms with Crippen molar-refractivity contribution >= 4 is 15.9 Å². The average Bonchev–Trinajstić information content (AvgIpc) is 2.14. The van der Waals surface area contributed by atoms with Crippen molar-refractivity contribution in [1.29, 1.82) is 0 Å². The Kier molecular flexibility index (Phi) is 4.94. The number of hydrogen-bond acceptors (Lipinski definition) is 3. The van der Waals surface area contributed by atoms with Gasteiger partial charge in [-0.1, -0.05) is 13.8 Å². The van der Waals surface area contributed by atoms with Crippen molar-refractivity contribution in [3.05, 3.63) is 0 Å². The fourth-order valence-electron chi connectivity index (χ4n) is 2.08. The Hall–Kier alpha value is -0.620. The van der Waals surface area contributed by atoms with Crippen molar-refractivity contribution in [2.24, 2.45) is 5.92 Å². The van der Waals surface area contributed by atoms with Gasteiger partial charge >= 0.3 is 0 Å². The quantitative estimate of drug-likeness (QED) is 0.805. The smallest absolute Gasteiger partial charge is 0.222 e. The van der Waals surface area contributed by atoms with Gasteiger partial charge in [0, 0.05) is 25.6 Å². The number of hydrogen-bond donors (Lipinski definition) is 1. The lowest BCUT2D eigenvalue weighted by Crippen LogP contribution is -2.49. The zero-order chi connectivity index (χ0) is 13.1. The van der Waals surface area contributed by atoms with E-state index in [9.17, 15) is 13.2 Å². The molecule has 0 saturated carbocycles. The largest absolute Gasteiger partial charge is 0.341 e. The molecule has 1 aliphatic heterocycles. The van der Waals surface area contributed by atoms with Gasteiger partial charge in [-0.3, -0.25) is 4.79 Å². The molecule has 17 heavy (non-hydrogen) atoms. The van der Waals surface area contributed by atoms with Crippen LogP contribution in [0, 0.1) is 5.92 Å². The van der Waals surface area contributed by atoms with Crippen LogP contribution < -0.4 is 4.72 Å². The van der Waals surface area contributed by atoms with Crippen molar-refractivity contribution in [1.82, 2.24) is 9.62 Å². The number of amides is 1. The molecular formula is C11H22N2O3S. The maximum Gasteiger partial charge on any atom is 0.222 e. The van der Waals surface area contributed by atoms with Crippen molar-refractivity contribution in [3.8, 4) is 0 Å². The number of piperidine rings is 1. The zero-order valence-corrected chi connectivity index (χ0v) is 11.6. The Morgan fingerprint density at radius 3 is 2.65 bits per heavy atom. The first-order valence-electron chi connectivity index (χ1n) is 6.03. The van der Waals surface area contributed by atoms with Gasteiger partial charge < -0.3 is 4.90 Å². The van der Waals surface area contributed by atoms with E-state index in [0.717, 1.165) is 25.6 Å². The summed E-state index contributed by atoms with van der Waals surface area (Å²) >= 11 is 0. The Bertz CT molecular complexity index is 365. The van der Waals surface area contributed by atoms with Crippen LogP contribution in [0.15, 0.2) is 0 Å². The van der Waals surface area contributed by atoms with Crippen molar-refractivity contribution in [3.63, 3.8) is 0 Å². The van der Waals surface area contributed by atoms with E-state index in [1.165, 1.54) is 0 Å². The standard InChI is InChI=1S/C11H22N2O3S/c1-9(2)7-11(14)13-6-4-5-10(8-13)12-17(3,15)16/h9-10,12H,4-8H2,1-3H3/t10-/m1/s1. The normalized spacial score (nSPS) is 21.9. The lowest BCUT2D eigenvalue weighted by Gasteiger charge is -2.33. The average molecular weight is 262 g/mol. The highest BCUT2D eigenvalue weighted by molar-refractivity contribution is 7.88. The Morgan fingerprint density at radius 2 is 2.12 bits per heavy atom. The summed E-state index contributed by atoms with van der Waals surface area (Å²) in [4.78, 5) is 13.6. The molecule has 0 aromatic heterocycles. The topological polar surface area (TPSA) is 66.5 Å². The summed E-state index contributed by atoms with van der Waals surface area (Å²) in [6.45, 7) is 5.26. The summed E-state index contributed by atoms with van der Waals surface area (Å²) in [5.41, 5.74) is 0. The van der Waals surface area contributed by atoms with Crippen LogP contribution in [0.5, 0.6) is 0 Å². The maximum absolute atomic E-state index is 11.9. The van der Waals surface area contributed by atoms with Crippen LogP contribution >= 0.6 is 0 Å². The number of nitrogens with zero attached hydrogens (tertiary/aromatic N) is 1. The van der Waals surface area contributed by atoms with Gasteiger partial charge in [-0.25, -0.2) is 13.1 Å². The molecule has 5 nitrogen and oxygen atoms in total. The minimum Gasteiger partial charge on any atom is -0.341 e. The van der Waals surface area contributed by atoms with Gasteiger partial charge in [0.25, 0.3) is 0 Å². The third-order valence-electron chi connectivity index (χ3n) is 2.74. The second-order valence-electron chi connectivity index (χ2n) is 5.17. The van der Waals surface area contributed by atoms with E-state index in [4.69, 9.17) is 0 Å². The molecule has 6 heteroatoms.